The molecule has 0 aliphatic carbocycles. The van der Waals surface area contributed by atoms with E-state index in [9.17, 15) is 0 Å². The summed E-state index contributed by atoms with van der Waals surface area (Å²) in [6.45, 7) is 0.827. The molecule has 0 atom stereocenters. The molecular formula is C10H12N8S. The van der Waals surface area contributed by atoms with Crippen LogP contribution in [0.15, 0.2) is 24.1 Å². The molecule has 3 rings (SSSR count). The standard InChI is InChI=1S/C10H12N8S/c11-8-7-9(13-4-12-8)18(6-15-7)2-1-3-19-10-14-5-16-17-10/h4-6H,1-3H2,(H2,11,12,13)(H,14,16,17). The largest absolute Gasteiger partial charge is 0.382 e. The van der Waals surface area contributed by atoms with E-state index >= 15 is 0 Å². The lowest BCUT2D eigenvalue weighted by Crippen LogP contribution is -2.00. The van der Waals surface area contributed by atoms with Crippen LogP contribution in [0.2, 0.25) is 0 Å². The summed E-state index contributed by atoms with van der Waals surface area (Å²) in [5.74, 6) is 1.36. The third-order valence-electron chi connectivity index (χ3n) is 2.60. The van der Waals surface area contributed by atoms with Crippen molar-refractivity contribution in [2.75, 3.05) is 11.5 Å². The van der Waals surface area contributed by atoms with Crippen LogP contribution in [0.5, 0.6) is 0 Å². The molecule has 0 radical (unpaired) electrons. The molecule has 0 unspecified atom stereocenters. The van der Waals surface area contributed by atoms with Crippen LogP contribution in [0.3, 0.4) is 0 Å². The number of nitrogen functional groups attached to an aromatic ring is 1. The van der Waals surface area contributed by atoms with Gasteiger partial charge in [0.15, 0.2) is 16.6 Å². The van der Waals surface area contributed by atoms with Crippen molar-refractivity contribution >= 4 is 28.7 Å². The summed E-state index contributed by atoms with van der Waals surface area (Å²) in [5, 5.41) is 7.45. The first-order chi connectivity index (χ1) is 9.34. The highest BCUT2D eigenvalue weighted by Gasteiger charge is 2.07. The van der Waals surface area contributed by atoms with Crippen molar-refractivity contribution in [2.45, 2.75) is 18.1 Å². The van der Waals surface area contributed by atoms with Crippen LogP contribution in [-0.2, 0) is 6.54 Å². The van der Waals surface area contributed by atoms with Gasteiger partial charge in [0.2, 0.25) is 0 Å². The van der Waals surface area contributed by atoms with E-state index in [1.54, 1.807) is 18.1 Å². The Morgan fingerprint density at radius 2 is 2.16 bits per heavy atom. The van der Waals surface area contributed by atoms with E-state index < -0.39 is 0 Å². The zero-order valence-corrected chi connectivity index (χ0v) is 10.8. The fraction of sp³-hybridized carbons (Fsp3) is 0.300. The second-order valence-electron chi connectivity index (χ2n) is 3.86. The molecule has 0 aromatic carbocycles. The summed E-state index contributed by atoms with van der Waals surface area (Å²) in [4.78, 5) is 16.4. The van der Waals surface area contributed by atoms with Crippen molar-refractivity contribution < 1.29 is 0 Å². The van der Waals surface area contributed by atoms with E-state index in [1.165, 1.54) is 12.7 Å². The van der Waals surface area contributed by atoms with Gasteiger partial charge >= 0.3 is 0 Å². The number of imidazole rings is 1. The van der Waals surface area contributed by atoms with Crippen LogP contribution in [0.1, 0.15) is 6.42 Å². The first-order valence-corrected chi connectivity index (χ1v) is 6.72. The number of hydrogen-bond acceptors (Lipinski definition) is 7. The number of nitrogens with two attached hydrogens (primary N) is 1. The van der Waals surface area contributed by atoms with Gasteiger partial charge in [0.05, 0.1) is 6.33 Å². The number of thioether (sulfide) groups is 1. The summed E-state index contributed by atoms with van der Waals surface area (Å²) in [6, 6.07) is 0. The summed E-state index contributed by atoms with van der Waals surface area (Å²) in [6.07, 6.45) is 5.68. The fourth-order valence-corrected chi connectivity index (χ4v) is 2.44. The van der Waals surface area contributed by atoms with E-state index in [-0.39, 0.29) is 0 Å². The van der Waals surface area contributed by atoms with Crippen molar-refractivity contribution in [1.82, 2.24) is 34.7 Å². The van der Waals surface area contributed by atoms with Gasteiger partial charge in [-0.3, -0.25) is 5.10 Å². The number of H-pyrrole nitrogens is 1. The number of hydrogen-bond donors (Lipinski definition) is 2. The van der Waals surface area contributed by atoms with E-state index in [0.717, 1.165) is 29.5 Å². The minimum atomic E-state index is 0.416. The predicted octanol–water partition coefficient (Wildman–Crippen LogP) is 0.709. The van der Waals surface area contributed by atoms with Crippen LogP contribution in [0.25, 0.3) is 11.2 Å². The third-order valence-corrected chi connectivity index (χ3v) is 3.57. The Kier molecular flexibility index (Phi) is 3.27. The molecule has 8 nitrogen and oxygen atoms in total. The number of aromatic amines is 1. The molecule has 98 valence electrons. The number of rotatable bonds is 5. The smallest absolute Gasteiger partial charge is 0.183 e. The van der Waals surface area contributed by atoms with Gasteiger partial charge in [-0.2, -0.15) is 5.10 Å². The molecule has 0 spiro atoms. The average Bonchev–Trinajstić information content (AvgIpc) is 3.05. The van der Waals surface area contributed by atoms with Crippen molar-refractivity contribution in [3.8, 4) is 0 Å². The molecule has 9 heteroatoms. The Morgan fingerprint density at radius 1 is 1.21 bits per heavy atom. The van der Waals surface area contributed by atoms with Gasteiger partial charge in [-0.25, -0.2) is 19.9 Å². The van der Waals surface area contributed by atoms with Crippen molar-refractivity contribution in [2.24, 2.45) is 0 Å². The molecule has 0 aliphatic heterocycles. The molecule has 3 N–H and O–H groups in total. The van der Waals surface area contributed by atoms with Crippen LogP contribution in [-0.4, -0.2) is 40.5 Å². The minimum absolute atomic E-state index is 0.416. The highest BCUT2D eigenvalue weighted by Crippen LogP contribution is 2.16. The van der Waals surface area contributed by atoms with Gasteiger partial charge in [-0.15, -0.1) is 0 Å². The quantitative estimate of drug-likeness (QED) is 0.521. The molecule has 0 saturated carbocycles. The number of aryl methyl sites for hydroxylation is 1. The lowest BCUT2D eigenvalue weighted by Gasteiger charge is -2.02. The fourth-order valence-electron chi connectivity index (χ4n) is 1.73. The molecule has 3 aromatic rings. The molecular weight excluding hydrogens is 264 g/mol. The van der Waals surface area contributed by atoms with Crippen LogP contribution in [0.4, 0.5) is 5.82 Å². The Hall–Kier alpha value is -2.16. The van der Waals surface area contributed by atoms with Gasteiger partial charge < -0.3 is 10.3 Å². The van der Waals surface area contributed by atoms with Gasteiger partial charge in [0.1, 0.15) is 18.2 Å². The van der Waals surface area contributed by atoms with E-state index in [1.807, 2.05) is 4.57 Å². The van der Waals surface area contributed by atoms with E-state index in [0.29, 0.717) is 11.3 Å². The van der Waals surface area contributed by atoms with E-state index in [4.69, 9.17) is 5.73 Å². The predicted molar refractivity (Wildman–Crippen MR) is 71.5 cm³/mol. The first kappa shape index (κ1) is 11.9. The molecule has 3 heterocycles. The Balaban J connectivity index is 1.61. The topological polar surface area (TPSA) is 111 Å². The van der Waals surface area contributed by atoms with Crippen LogP contribution >= 0.6 is 11.8 Å². The summed E-state index contributed by atoms with van der Waals surface area (Å²) in [7, 11) is 0. The second-order valence-corrected chi connectivity index (χ2v) is 4.95. The van der Waals surface area contributed by atoms with Crippen molar-refractivity contribution in [3.63, 3.8) is 0 Å². The van der Waals surface area contributed by atoms with Gasteiger partial charge in [-0.05, 0) is 6.42 Å². The molecule has 0 bridgehead atoms. The molecule has 19 heavy (non-hydrogen) atoms. The van der Waals surface area contributed by atoms with Gasteiger partial charge in [0, 0.05) is 12.3 Å². The van der Waals surface area contributed by atoms with Crippen LogP contribution in [0, 0.1) is 0 Å². The number of fused-ring (bicyclic) bond motifs is 1. The maximum atomic E-state index is 5.74. The van der Waals surface area contributed by atoms with E-state index in [2.05, 4.69) is 30.1 Å². The van der Waals surface area contributed by atoms with Gasteiger partial charge in [-0.1, -0.05) is 11.8 Å². The molecule has 0 amide bonds. The zero-order valence-electron chi connectivity index (χ0n) is 10.0. The van der Waals surface area contributed by atoms with Crippen LogP contribution < -0.4 is 5.73 Å². The average molecular weight is 276 g/mol. The zero-order chi connectivity index (χ0) is 13.1. The Labute approximate surface area is 112 Å². The number of aromatic nitrogens is 7. The Bertz CT molecular complexity index is 661. The maximum Gasteiger partial charge on any atom is 0.183 e. The summed E-state index contributed by atoms with van der Waals surface area (Å²) >= 11 is 1.64. The third kappa shape index (κ3) is 2.50. The molecule has 3 aromatic heterocycles. The normalized spacial score (nSPS) is 11.2. The number of nitrogens with one attached hydrogen (secondary N) is 1. The lowest BCUT2D eigenvalue weighted by atomic mass is 10.4. The Morgan fingerprint density at radius 3 is 3.00 bits per heavy atom. The number of nitrogens with zero attached hydrogens (tertiary/aromatic N) is 6. The lowest BCUT2D eigenvalue weighted by molar-refractivity contribution is 0.696. The minimum Gasteiger partial charge on any atom is -0.382 e. The molecule has 0 aliphatic rings. The van der Waals surface area contributed by atoms with Crippen molar-refractivity contribution in [1.29, 1.82) is 0 Å². The molecule has 0 fully saturated rings. The first-order valence-electron chi connectivity index (χ1n) is 5.74. The summed E-state index contributed by atoms with van der Waals surface area (Å²) < 4.78 is 1.98. The number of anilines is 1. The highest BCUT2D eigenvalue weighted by molar-refractivity contribution is 7.99. The van der Waals surface area contributed by atoms with Gasteiger partial charge in [0.25, 0.3) is 0 Å². The highest BCUT2D eigenvalue weighted by atomic mass is 32.2. The monoisotopic (exact) mass is 276 g/mol. The van der Waals surface area contributed by atoms with Crippen molar-refractivity contribution in [3.05, 3.63) is 19.0 Å². The maximum absolute atomic E-state index is 5.74. The summed E-state index contributed by atoms with van der Waals surface area (Å²) in [5.41, 5.74) is 7.17. The molecule has 0 saturated heterocycles. The second kappa shape index (κ2) is 5.22. The SMILES string of the molecule is Nc1ncnc2c1ncn2CCCSc1ncn[nH]1.